The van der Waals surface area contributed by atoms with E-state index in [0.29, 0.717) is 13.2 Å². The molecule has 0 radical (unpaired) electrons. The third kappa shape index (κ3) is 7.44. The van der Waals surface area contributed by atoms with Crippen LogP contribution in [0.15, 0.2) is 23.2 Å². The summed E-state index contributed by atoms with van der Waals surface area (Å²) in [6.45, 7) is 4.16. The molecule has 7 heteroatoms. The Morgan fingerprint density at radius 1 is 1.27 bits per heavy atom. The van der Waals surface area contributed by atoms with Crippen molar-refractivity contribution in [2.45, 2.75) is 13.5 Å². The number of benzene rings is 1. The van der Waals surface area contributed by atoms with Crippen LogP contribution in [0.5, 0.6) is 11.5 Å². The molecule has 1 aromatic rings. The van der Waals surface area contributed by atoms with E-state index in [-0.39, 0.29) is 24.0 Å². The normalized spacial score (nSPS) is 10.6. The van der Waals surface area contributed by atoms with Gasteiger partial charge in [-0.25, -0.2) is 0 Å². The smallest absolute Gasteiger partial charge is 0.191 e. The van der Waals surface area contributed by atoms with Gasteiger partial charge < -0.3 is 20.1 Å². The zero-order valence-corrected chi connectivity index (χ0v) is 16.8. The number of guanidine groups is 1. The van der Waals surface area contributed by atoms with Crippen molar-refractivity contribution in [1.82, 2.24) is 10.6 Å². The highest BCUT2D eigenvalue weighted by Crippen LogP contribution is 2.27. The maximum Gasteiger partial charge on any atom is 0.191 e. The third-order valence-electron chi connectivity index (χ3n) is 2.81. The largest absolute Gasteiger partial charge is 0.493 e. The van der Waals surface area contributed by atoms with Gasteiger partial charge in [0.05, 0.1) is 13.7 Å². The summed E-state index contributed by atoms with van der Waals surface area (Å²) in [5.74, 6) is 3.38. The van der Waals surface area contributed by atoms with Gasteiger partial charge in [-0.15, -0.1) is 24.0 Å². The Morgan fingerprint density at radius 3 is 2.64 bits per heavy atom. The SMILES string of the molecule is CCOc1cc(CNC(=NC)NCCSC)ccc1OC.I. The fourth-order valence-electron chi connectivity index (χ4n) is 1.78. The summed E-state index contributed by atoms with van der Waals surface area (Å²) in [6, 6.07) is 5.93. The van der Waals surface area contributed by atoms with E-state index >= 15 is 0 Å². The van der Waals surface area contributed by atoms with Crippen LogP contribution in [0.25, 0.3) is 0 Å². The molecule has 0 aliphatic heterocycles. The highest BCUT2D eigenvalue weighted by atomic mass is 127. The number of rotatable bonds is 8. The number of thioether (sulfide) groups is 1. The maximum absolute atomic E-state index is 5.58. The number of hydrogen-bond acceptors (Lipinski definition) is 4. The molecule has 1 aromatic carbocycles. The van der Waals surface area contributed by atoms with Gasteiger partial charge in [0.2, 0.25) is 0 Å². The second kappa shape index (κ2) is 12.7. The zero-order chi connectivity index (χ0) is 15.5. The zero-order valence-electron chi connectivity index (χ0n) is 13.6. The van der Waals surface area contributed by atoms with Crippen molar-refractivity contribution >= 4 is 41.7 Å². The van der Waals surface area contributed by atoms with Crippen LogP contribution in [0, 0.1) is 0 Å². The number of nitrogens with one attached hydrogen (secondary N) is 2. The third-order valence-corrected chi connectivity index (χ3v) is 3.42. The Balaban J connectivity index is 0.00000441. The topological polar surface area (TPSA) is 54.9 Å². The molecular formula is C15H26IN3O2S. The first-order valence-corrected chi connectivity index (χ1v) is 8.37. The lowest BCUT2D eigenvalue weighted by Crippen LogP contribution is -2.37. The fraction of sp³-hybridized carbons (Fsp3) is 0.533. The van der Waals surface area contributed by atoms with E-state index in [4.69, 9.17) is 9.47 Å². The van der Waals surface area contributed by atoms with Crippen LogP contribution < -0.4 is 20.1 Å². The van der Waals surface area contributed by atoms with E-state index in [1.54, 1.807) is 25.9 Å². The molecule has 0 heterocycles. The van der Waals surface area contributed by atoms with Gasteiger partial charge in [-0.05, 0) is 30.9 Å². The maximum atomic E-state index is 5.58. The molecule has 0 fully saturated rings. The predicted molar refractivity (Wildman–Crippen MR) is 106 cm³/mol. The lowest BCUT2D eigenvalue weighted by atomic mass is 10.2. The van der Waals surface area contributed by atoms with Crippen molar-refractivity contribution in [3.63, 3.8) is 0 Å². The Kier molecular flexibility index (Phi) is 12.2. The quantitative estimate of drug-likeness (QED) is 0.283. The molecule has 22 heavy (non-hydrogen) atoms. The molecule has 1 rings (SSSR count). The molecule has 0 bridgehead atoms. The molecule has 126 valence electrons. The summed E-state index contributed by atoms with van der Waals surface area (Å²) >= 11 is 1.80. The summed E-state index contributed by atoms with van der Waals surface area (Å²) in [5, 5.41) is 6.55. The molecule has 0 saturated carbocycles. The molecule has 2 N–H and O–H groups in total. The number of halogens is 1. The molecule has 0 aromatic heterocycles. The molecule has 5 nitrogen and oxygen atoms in total. The lowest BCUT2D eigenvalue weighted by molar-refractivity contribution is 0.310. The van der Waals surface area contributed by atoms with Gasteiger partial charge in [0, 0.05) is 25.9 Å². The Bertz CT molecular complexity index is 458. The van der Waals surface area contributed by atoms with Crippen LogP contribution in [0.2, 0.25) is 0 Å². The number of nitrogens with zero attached hydrogens (tertiary/aromatic N) is 1. The van der Waals surface area contributed by atoms with Crippen molar-refractivity contribution in [1.29, 1.82) is 0 Å². The summed E-state index contributed by atoms with van der Waals surface area (Å²) < 4.78 is 10.9. The lowest BCUT2D eigenvalue weighted by Gasteiger charge is -2.14. The predicted octanol–water partition coefficient (Wildman–Crippen LogP) is 2.74. The first-order valence-electron chi connectivity index (χ1n) is 6.98. The fourth-order valence-corrected chi connectivity index (χ4v) is 2.08. The van der Waals surface area contributed by atoms with Gasteiger partial charge in [0.1, 0.15) is 0 Å². The van der Waals surface area contributed by atoms with Crippen LogP contribution in [0.1, 0.15) is 12.5 Å². The molecule has 0 unspecified atom stereocenters. The molecular weight excluding hydrogens is 413 g/mol. The second-order valence-corrected chi connectivity index (χ2v) is 5.25. The van der Waals surface area contributed by atoms with Crippen molar-refractivity contribution < 1.29 is 9.47 Å². The number of hydrogen-bond donors (Lipinski definition) is 2. The van der Waals surface area contributed by atoms with Crippen molar-refractivity contribution in [3.05, 3.63) is 23.8 Å². The minimum absolute atomic E-state index is 0. The Labute approximate surface area is 154 Å². The first-order chi connectivity index (χ1) is 10.2. The van der Waals surface area contributed by atoms with Gasteiger partial charge in [0.25, 0.3) is 0 Å². The monoisotopic (exact) mass is 439 g/mol. The average molecular weight is 439 g/mol. The first kappa shape index (κ1) is 21.2. The van der Waals surface area contributed by atoms with Crippen LogP contribution >= 0.6 is 35.7 Å². The molecule has 0 aliphatic rings. The molecule has 0 amide bonds. The van der Waals surface area contributed by atoms with Gasteiger partial charge in [-0.2, -0.15) is 11.8 Å². The second-order valence-electron chi connectivity index (χ2n) is 4.26. The highest BCUT2D eigenvalue weighted by Gasteiger charge is 2.06. The minimum Gasteiger partial charge on any atom is -0.493 e. The van der Waals surface area contributed by atoms with Crippen molar-refractivity contribution in [2.24, 2.45) is 4.99 Å². The number of ether oxygens (including phenoxy) is 2. The van der Waals surface area contributed by atoms with E-state index in [2.05, 4.69) is 21.9 Å². The Morgan fingerprint density at radius 2 is 2.05 bits per heavy atom. The van der Waals surface area contributed by atoms with E-state index < -0.39 is 0 Å². The molecule has 0 aliphatic carbocycles. The molecule has 0 spiro atoms. The summed E-state index contributed by atoms with van der Waals surface area (Å²) in [7, 11) is 3.42. The van der Waals surface area contributed by atoms with Gasteiger partial charge >= 0.3 is 0 Å². The van der Waals surface area contributed by atoms with E-state index in [1.807, 2.05) is 25.1 Å². The summed E-state index contributed by atoms with van der Waals surface area (Å²) in [6.07, 6.45) is 2.09. The van der Waals surface area contributed by atoms with Crippen molar-refractivity contribution in [2.75, 3.05) is 39.3 Å². The van der Waals surface area contributed by atoms with Crippen LogP contribution in [-0.4, -0.2) is 45.3 Å². The van der Waals surface area contributed by atoms with E-state index in [1.165, 1.54) is 0 Å². The Hall–Kier alpha value is -0.830. The van der Waals surface area contributed by atoms with Gasteiger partial charge in [-0.3, -0.25) is 4.99 Å². The standard InChI is InChI=1S/C15H25N3O2S.HI/c1-5-20-14-10-12(6-7-13(14)19-3)11-18-15(16-2)17-8-9-21-4;/h6-7,10H,5,8-9,11H2,1-4H3,(H2,16,17,18);1H. The van der Waals surface area contributed by atoms with Crippen LogP contribution in [0.4, 0.5) is 0 Å². The minimum atomic E-state index is 0. The van der Waals surface area contributed by atoms with E-state index in [0.717, 1.165) is 35.3 Å². The van der Waals surface area contributed by atoms with Crippen molar-refractivity contribution in [3.8, 4) is 11.5 Å². The summed E-state index contributed by atoms with van der Waals surface area (Å²) in [4.78, 5) is 4.20. The van der Waals surface area contributed by atoms with Gasteiger partial charge in [-0.1, -0.05) is 6.07 Å². The van der Waals surface area contributed by atoms with Crippen LogP contribution in [-0.2, 0) is 6.54 Å². The van der Waals surface area contributed by atoms with Gasteiger partial charge in [0.15, 0.2) is 17.5 Å². The molecule has 0 atom stereocenters. The van der Waals surface area contributed by atoms with Crippen LogP contribution in [0.3, 0.4) is 0 Å². The van der Waals surface area contributed by atoms with E-state index in [9.17, 15) is 0 Å². The number of aliphatic imine (C=N–C) groups is 1. The molecule has 0 saturated heterocycles. The average Bonchev–Trinajstić information content (AvgIpc) is 2.51. The number of methoxy groups -OCH3 is 1. The highest BCUT2D eigenvalue weighted by molar-refractivity contribution is 14.0. The summed E-state index contributed by atoms with van der Waals surface area (Å²) in [5.41, 5.74) is 1.12.